The minimum absolute atomic E-state index is 0.222. The Bertz CT molecular complexity index is 317. The quantitative estimate of drug-likeness (QED) is 0.770. The second-order valence-corrected chi connectivity index (χ2v) is 4.23. The largest absolute Gasteiger partial charge is 0.472 e. The highest BCUT2D eigenvalue weighted by molar-refractivity contribution is 6.29. The Kier molecular flexibility index (Phi) is 3.38. The zero-order chi connectivity index (χ0) is 10.7. The van der Waals surface area contributed by atoms with Crippen LogP contribution in [-0.2, 0) is 0 Å². The number of likely N-dealkylation sites (tertiary alicyclic amines) is 1. The average molecular weight is 228 g/mol. The molecule has 4 nitrogen and oxygen atoms in total. The number of piperidine rings is 1. The minimum Gasteiger partial charge on any atom is -0.472 e. The van der Waals surface area contributed by atoms with Crippen LogP contribution in [0.3, 0.4) is 0 Å². The number of likely N-dealkylation sites (N-methyl/N-ethyl adjacent to an activating group) is 1. The van der Waals surface area contributed by atoms with Crippen molar-refractivity contribution >= 4 is 11.6 Å². The van der Waals surface area contributed by atoms with E-state index < -0.39 is 0 Å². The predicted octanol–water partition coefficient (Wildman–Crippen LogP) is 1.60. The number of hydrogen-bond donors (Lipinski definition) is 0. The van der Waals surface area contributed by atoms with Crippen molar-refractivity contribution in [2.75, 3.05) is 20.1 Å². The van der Waals surface area contributed by atoms with Gasteiger partial charge in [-0.25, -0.2) is 0 Å². The summed E-state index contributed by atoms with van der Waals surface area (Å²) >= 11 is 5.64. The number of halogens is 1. The first-order valence-electron chi connectivity index (χ1n) is 5.08. The van der Waals surface area contributed by atoms with E-state index in [1.54, 1.807) is 12.1 Å². The number of rotatable bonds is 2. The van der Waals surface area contributed by atoms with Gasteiger partial charge in [0.15, 0.2) is 5.15 Å². The Hall–Kier alpha value is -0.870. The van der Waals surface area contributed by atoms with Crippen LogP contribution in [0.25, 0.3) is 0 Å². The van der Waals surface area contributed by atoms with Gasteiger partial charge in [-0.3, -0.25) is 0 Å². The van der Waals surface area contributed by atoms with Crippen molar-refractivity contribution in [2.45, 2.75) is 18.9 Å². The summed E-state index contributed by atoms with van der Waals surface area (Å²) in [6.07, 6.45) is 2.47. The molecule has 15 heavy (non-hydrogen) atoms. The molecule has 0 saturated carbocycles. The SMILES string of the molecule is CN1CCC[C@@H](Oc2ccc(Cl)nn2)C1. The van der Waals surface area contributed by atoms with Gasteiger partial charge in [0.1, 0.15) is 6.10 Å². The zero-order valence-corrected chi connectivity index (χ0v) is 9.44. The third-order valence-electron chi connectivity index (χ3n) is 2.48. The van der Waals surface area contributed by atoms with Crippen molar-refractivity contribution in [1.82, 2.24) is 15.1 Å². The van der Waals surface area contributed by atoms with E-state index in [1.807, 2.05) is 0 Å². The Labute approximate surface area is 94.2 Å². The standard InChI is InChI=1S/C10H14ClN3O/c1-14-6-2-3-8(7-14)15-10-5-4-9(11)12-13-10/h4-5,8H,2-3,6-7H2,1H3/t8-/m1/s1. The van der Waals surface area contributed by atoms with Crippen LogP contribution in [0.15, 0.2) is 12.1 Å². The van der Waals surface area contributed by atoms with Crippen LogP contribution >= 0.6 is 11.6 Å². The second kappa shape index (κ2) is 4.77. The van der Waals surface area contributed by atoms with E-state index in [0.717, 1.165) is 19.5 Å². The third kappa shape index (κ3) is 3.04. The monoisotopic (exact) mass is 227 g/mol. The fraction of sp³-hybridized carbons (Fsp3) is 0.600. The lowest BCUT2D eigenvalue weighted by atomic mass is 10.1. The first-order valence-corrected chi connectivity index (χ1v) is 5.46. The molecule has 1 aliphatic rings. The number of ether oxygens (including phenoxy) is 1. The lowest BCUT2D eigenvalue weighted by molar-refractivity contribution is 0.0991. The van der Waals surface area contributed by atoms with Crippen LogP contribution in [0, 0.1) is 0 Å². The summed E-state index contributed by atoms with van der Waals surface area (Å²) in [5, 5.41) is 8.01. The zero-order valence-electron chi connectivity index (χ0n) is 8.69. The molecule has 0 aliphatic carbocycles. The van der Waals surface area contributed by atoms with Gasteiger partial charge in [-0.05, 0) is 32.5 Å². The molecule has 0 aromatic carbocycles. The van der Waals surface area contributed by atoms with Gasteiger partial charge in [-0.1, -0.05) is 11.6 Å². The first-order chi connectivity index (χ1) is 7.24. The molecule has 2 heterocycles. The summed E-state index contributed by atoms with van der Waals surface area (Å²) in [5.41, 5.74) is 0. The Morgan fingerprint density at radius 2 is 2.33 bits per heavy atom. The maximum atomic E-state index is 5.71. The van der Waals surface area contributed by atoms with Crippen molar-refractivity contribution in [1.29, 1.82) is 0 Å². The van der Waals surface area contributed by atoms with Gasteiger partial charge in [0.2, 0.25) is 5.88 Å². The van der Waals surface area contributed by atoms with Crippen LogP contribution in [-0.4, -0.2) is 41.3 Å². The van der Waals surface area contributed by atoms with E-state index >= 15 is 0 Å². The van der Waals surface area contributed by atoms with Crippen LogP contribution in [0.2, 0.25) is 5.15 Å². The maximum absolute atomic E-state index is 5.71. The number of nitrogens with zero attached hydrogens (tertiary/aromatic N) is 3. The molecule has 0 unspecified atom stereocenters. The number of aromatic nitrogens is 2. The first kappa shape index (κ1) is 10.6. The fourth-order valence-corrected chi connectivity index (χ4v) is 1.85. The molecule has 0 bridgehead atoms. The maximum Gasteiger partial charge on any atom is 0.233 e. The van der Waals surface area contributed by atoms with E-state index in [0.29, 0.717) is 11.0 Å². The van der Waals surface area contributed by atoms with Gasteiger partial charge in [-0.15, -0.1) is 10.2 Å². The molecule has 2 rings (SSSR count). The Morgan fingerprint density at radius 3 is 3.00 bits per heavy atom. The molecule has 1 fully saturated rings. The van der Waals surface area contributed by atoms with Crippen molar-refractivity contribution < 1.29 is 4.74 Å². The highest BCUT2D eigenvalue weighted by Gasteiger charge is 2.18. The molecule has 0 radical (unpaired) electrons. The van der Waals surface area contributed by atoms with E-state index in [9.17, 15) is 0 Å². The van der Waals surface area contributed by atoms with Gasteiger partial charge >= 0.3 is 0 Å². The summed E-state index contributed by atoms with van der Waals surface area (Å²) in [5.74, 6) is 0.555. The minimum atomic E-state index is 0.222. The number of hydrogen-bond acceptors (Lipinski definition) is 4. The molecule has 1 saturated heterocycles. The van der Waals surface area contributed by atoms with Crippen molar-refractivity contribution in [2.24, 2.45) is 0 Å². The average Bonchev–Trinajstić information content (AvgIpc) is 2.22. The van der Waals surface area contributed by atoms with Crippen LogP contribution in [0.1, 0.15) is 12.8 Å². The molecule has 0 N–H and O–H groups in total. The van der Waals surface area contributed by atoms with Crippen LogP contribution in [0.5, 0.6) is 5.88 Å². The Balaban J connectivity index is 1.93. The predicted molar refractivity (Wildman–Crippen MR) is 58.2 cm³/mol. The fourth-order valence-electron chi connectivity index (χ4n) is 1.75. The van der Waals surface area contributed by atoms with Gasteiger partial charge < -0.3 is 9.64 Å². The van der Waals surface area contributed by atoms with E-state index in [1.165, 1.54) is 6.42 Å². The summed E-state index contributed by atoms with van der Waals surface area (Å²) in [7, 11) is 2.10. The molecule has 1 aromatic heterocycles. The topological polar surface area (TPSA) is 38.2 Å². The molecular formula is C10H14ClN3O. The van der Waals surface area contributed by atoms with Gasteiger partial charge in [0, 0.05) is 12.6 Å². The normalized spacial score (nSPS) is 22.7. The summed E-state index contributed by atoms with van der Waals surface area (Å²) in [6.45, 7) is 2.09. The molecule has 82 valence electrons. The van der Waals surface area contributed by atoms with Crippen molar-refractivity contribution in [3.63, 3.8) is 0 Å². The second-order valence-electron chi connectivity index (χ2n) is 3.84. The lowest BCUT2D eigenvalue weighted by Gasteiger charge is -2.29. The summed E-state index contributed by atoms with van der Waals surface area (Å²) in [4.78, 5) is 2.26. The van der Waals surface area contributed by atoms with Gasteiger partial charge in [0.25, 0.3) is 0 Å². The highest BCUT2D eigenvalue weighted by Crippen LogP contribution is 2.15. The summed E-state index contributed by atoms with van der Waals surface area (Å²) < 4.78 is 5.71. The van der Waals surface area contributed by atoms with E-state index in [4.69, 9.17) is 16.3 Å². The van der Waals surface area contributed by atoms with Crippen LogP contribution in [0.4, 0.5) is 0 Å². The summed E-state index contributed by atoms with van der Waals surface area (Å²) in [6, 6.07) is 3.44. The lowest BCUT2D eigenvalue weighted by Crippen LogP contribution is -2.38. The molecule has 1 aliphatic heterocycles. The van der Waals surface area contributed by atoms with E-state index in [-0.39, 0.29) is 6.10 Å². The van der Waals surface area contributed by atoms with Crippen molar-refractivity contribution in [3.8, 4) is 5.88 Å². The molecule has 1 atom stereocenters. The molecule has 5 heteroatoms. The van der Waals surface area contributed by atoms with E-state index in [2.05, 4.69) is 22.1 Å². The van der Waals surface area contributed by atoms with Crippen LogP contribution < -0.4 is 4.74 Å². The molecule has 1 aromatic rings. The smallest absolute Gasteiger partial charge is 0.233 e. The van der Waals surface area contributed by atoms with Gasteiger partial charge in [0.05, 0.1) is 0 Å². The van der Waals surface area contributed by atoms with Gasteiger partial charge in [-0.2, -0.15) is 0 Å². The third-order valence-corrected chi connectivity index (χ3v) is 2.68. The molecule has 0 amide bonds. The van der Waals surface area contributed by atoms with Crippen molar-refractivity contribution in [3.05, 3.63) is 17.3 Å². The Morgan fingerprint density at radius 1 is 1.47 bits per heavy atom. The molecular weight excluding hydrogens is 214 g/mol. The molecule has 0 spiro atoms. The highest BCUT2D eigenvalue weighted by atomic mass is 35.5.